The monoisotopic (exact) mass is 510 g/mol. The van der Waals surface area contributed by atoms with E-state index in [1.54, 1.807) is 18.2 Å². The summed E-state index contributed by atoms with van der Waals surface area (Å²) in [6.07, 6.45) is 4.26. The zero-order chi connectivity index (χ0) is 27.7. The summed E-state index contributed by atoms with van der Waals surface area (Å²) in [5.74, 6) is -0.668. The Morgan fingerprint density at radius 3 is 1.37 bits per heavy atom. The maximum Gasteiger partial charge on any atom is 0.131 e. The van der Waals surface area contributed by atoms with Gasteiger partial charge in [-0.2, -0.15) is 0 Å². The Morgan fingerprint density at radius 2 is 0.895 bits per heavy atom. The zero-order valence-electron chi connectivity index (χ0n) is 24.2. The van der Waals surface area contributed by atoms with Gasteiger partial charge < -0.3 is 0 Å². The SMILES string of the molecule is CCCc1c(C)cc(-c2ccc(-c3ccc(-c4cc(C)c(CCC)c(C)c4C)c(F)c3)c(F)c2)c(C)c1C. The van der Waals surface area contributed by atoms with E-state index < -0.39 is 0 Å². The molecule has 0 radical (unpaired) electrons. The van der Waals surface area contributed by atoms with Crippen molar-refractivity contribution in [2.24, 2.45) is 0 Å². The van der Waals surface area contributed by atoms with E-state index in [1.165, 1.54) is 45.0 Å². The molecular weight excluding hydrogens is 470 g/mol. The van der Waals surface area contributed by atoms with Crippen LogP contribution in [0, 0.1) is 53.2 Å². The van der Waals surface area contributed by atoms with Crippen LogP contribution in [0.4, 0.5) is 8.78 Å². The summed E-state index contributed by atoms with van der Waals surface area (Å²) in [5, 5.41) is 0. The van der Waals surface area contributed by atoms with Crippen molar-refractivity contribution in [3.05, 3.63) is 105 Å². The summed E-state index contributed by atoms with van der Waals surface area (Å²) in [6.45, 7) is 17.1. The molecule has 4 aromatic carbocycles. The van der Waals surface area contributed by atoms with Gasteiger partial charge in [0.25, 0.3) is 0 Å². The molecule has 0 aliphatic rings. The molecule has 2 heteroatoms. The number of halogens is 2. The molecule has 0 aliphatic heterocycles. The fraction of sp³-hybridized carbons (Fsp3) is 0.333. The molecule has 198 valence electrons. The summed E-state index contributed by atoms with van der Waals surface area (Å²) in [7, 11) is 0. The normalized spacial score (nSPS) is 11.3. The van der Waals surface area contributed by atoms with Crippen LogP contribution in [0.1, 0.15) is 71.2 Å². The van der Waals surface area contributed by atoms with E-state index in [0.717, 1.165) is 47.9 Å². The van der Waals surface area contributed by atoms with Gasteiger partial charge in [-0.25, -0.2) is 8.78 Å². The van der Waals surface area contributed by atoms with E-state index in [9.17, 15) is 0 Å². The van der Waals surface area contributed by atoms with Crippen molar-refractivity contribution in [3.63, 3.8) is 0 Å². The summed E-state index contributed by atoms with van der Waals surface area (Å²) in [6, 6.07) is 14.7. The third kappa shape index (κ3) is 5.06. The first-order valence-electron chi connectivity index (χ1n) is 13.9. The van der Waals surface area contributed by atoms with Crippen LogP contribution in [0.15, 0.2) is 48.5 Å². The van der Waals surface area contributed by atoms with Crippen LogP contribution in [-0.2, 0) is 12.8 Å². The molecule has 4 aromatic rings. The van der Waals surface area contributed by atoms with E-state index in [-0.39, 0.29) is 11.6 Å². The number of rotatable bonds is 7. The fourth-order valence-electron chi connectivity index (χ4n) is 5.94. The van der Waals surface area contributed by atoms with Crippen LogP contribution >= 0.6 is 0 Å². The van der Waals surface area contributed by atoms with Gasteiger partial charge in [-0.3, -0.25) is 0 Å². The lowest BCUT2D eigenvalue weighted by Gasteiger charge is -2.18. The Bertz CT molecular complexity index is 1510. The van der Waals surface area contributed by atoms with Crippen LogP contribution in [0.5, 0.6) is 0 Å². The summed E-state index contributed by atoms with van der Waals surface area (Å²) in [5.41, 5.74) is 14.3. The highest BCUT2D eigenvalue weighted by molar-refractivity contribution is 5.77. The molecule has 4 rings (SSSR count). The second-order valence-electron chi connectivity index (χ2n) is 10.8. The Labute approximate surface area is 227 Å². The zero-order valence-corrected chi connectivity index (χ0v) is 24.2. The molecule has 0 nitrogen and oxygen atoms in total. The van der Waals surface area contributed by atoms with Crippen molar-refractivity contribution in [1.29, 1.82) is 0 Å². The first-order chi connectivity index (χ1) is 18.1. The standard InChI is InChI=1S/C36H40F2/c1-9-11-29-21(3)17-33(25(7)23(29)5)28-13-15-31(35(37)20-28)27-14-16-32(36(38)19-27)34-18-22(4)30(12-10-2)24(6)26(34)8/h13-20H,9-12H2,1-8H3. The van der Waals surface area contributed by atoms with Crippen LogP contribution in [0.3, 0.4) is 0 Å². The maximum absolute atomic E-state index is 15.5. The van der Waals surface area contributed by atoms with Crippen molar-refractivity contribution in [2.75, 3.05) is 0 Å². The molecule has 0 amide bonds. The predicted octanol–water partition coefficient (Wildman–Crippen LogP) is 10.7. The molecule has 0 atom stereocenters. The summed E-state index contributed by atoms with van der Waals surface area (Å²) < 4.78 is 31.0. The van der Waals surface area contributed by atoms with Crippen LogP contribution in [0.2, 0.25) is 0 Å². The molecule has 0 saturated heterocycles. The number of benzene rings is 4. The van der Waals surface area contributed by atoms with Gasteiger partial charge in [-0.15, -0.1) is 0 Å². The molecule has 38 heavy (non-hydrogen) atoms. The van der Waals surface area contributed by atoms with Crippen LogP contribution in [-0.4, -0.2) is 0 Å². The van der Waals surface area contributed by atoms with Gasteiger partial charge in [0.2, 0.25) is 0 Å². The van der Waals surface area contributed by atoms with Crippen molar-refractivity contribution < 1.29 is 8.78 Å². The van der Waals surface area contributed by atoms with E-state index in [0.29, 0.717) is 16.7 Å². The number of hydrogen-bond donors (Lipinski definition) is 0. The first-order valence-corrected chi connectivity index (χ1v) is 13.9. The van der Waals surface area contributed by atoms with Crippen molar-refractivity contribution in [2.45, 2.75) is 81.1 Å². The summed E-state index contributed by atoms with van der Waals surface area (Å²) in [4.78, 5) is 0. The lowest BCUT2D eigenvalue weighted by Crippen LogP contribution is -2.00. The van der Waals surface area contributed by atoms with E-state index >= 15 is 8.78 Å². The predicted molar refractivity (Wildman–Crippen MR) is 159 cm³/mol. The number of hydrogen-bond acceptors (Lipinski definition) is 0. The van der Waals surface area contributed by atoms with Gasteiger partial charge in [0.05, 0.1) is 0 Å². The molecule has 0 spiro atoms. The average molecular weight is 511 g/mol. The van der Waals surface area contributed by atoms with Gasteiger partial charge in [0, 0.05) is 11.1 Å². The Morgan fingerprint density at radius 1 is 0.474 bits per heavy atom. The van der Waals surface area contributed by atoms with Crippen LogP contribution in [0.25, 0.3) is 33.4 Å². The van der Waals surface area contributed by atoms with Gasteiger partial charge in [-0.1, -0.05) is 63.1 Å². The van der Waals surface area contributed by atoms with E-state index in [2.05, 4.69) is 67.5 Å². The topological polar surface area (TPSA) is 0 Å². The second kappa shape index (κ2) is 11.2. The lowest BCUT2D eigenvalue weighted by molar-refractivity contribution is 0.627. The molecule has 0 fully saturated rings. The highest BCUT2D eigenvalue weighted by Crippen LogP contribution is 2.37. The third-order valence-corrected chi connectivity index (χ3v) is 8.36. The minimum Gasteiger partial charge on any atom is -0.206 e. The van der Waals surface area contributed by atoms with Gasteiger partial charge in [-0.05, 0) is 133 Å². The van der Waals surface area contributed by atoms with Crippen LogP contribution < -0.4 is 0 Å². The molecular formula is C36H40F2. The highest BCUT2D eigenvalue weighted by Gasteiger charge is 2.17. The molecule has 0 aromatic heterocycles. The largest absolute Gasteiger partial charge is 0.206 e. The van der Waals surface area contributed by atoms with Gasteiger partial charge in [0.1, 0.15) is 11.6 Å². The highest BCUT2D eigenvalue weighted by atomic mass is 19.1. The molecule has 0 heterocycles. The first kappa shape index (κ1) is 27.8. The second-order valence-corrected chi connectivity index (χ2v) is 10.8. The average Bonchev–Trinajstić information content (AvgIpc) is 2.89. The molecule has 0 N–H and O–H groups in total. The number of aryl methyl sites for hydroxylation is 2. The molecule has 0 bridgehead atoms. The Kier molecular flexibility index (Phi) is 8.21. The third-order valence-electron chi connectivity index (χ3n) is 8.36. The van der Waals surface area contributed by atoms with Crippen molar-refractivity contribution in [3.8, 4) is 33.4 Å². The van der Waals surface area contributed by atoms with Crippen molar-refractivity contribution in [1.82, 2.24) is 0 Å². The minimum absolute atomic E-state index is 0.329. The summed E-state index contributed by atoms with van der Waals surface area (Å²) >= 11 is 0. The Hall–Kier alpha value is -3.26. The molecule has 0 saturated carbocycles. The van der Waals surface area contributed by atoms with Gasteiger partial charge in [0.15, 0.2) is 0 Å². The molecule has 0 unspecified atom stereocenters. The van der Waals surface area contributed by atoms with Crippen molar-refractivity contribution >= 4 is 0 Å². The Balaban J connectivity index is 1.72. The van der Waals surface area contributed by atoms with E-state index in [1.807, 2.05) is 12.1 Å². The molecule has 0 aliphatic carbocycles. The minimum atomic E-state index is -0.339. The van der Waals surface area contributed by atoms with E-state index in [4.69, 9.17) is 0 Å². The maximum atomic E-state index is 15.5. The smallest absolute Gasteiger partial charge is 0.131 e. The van der Waals surface area contributed by atoms with Gasteiger partial charge >= 0.3 is 0 Å². The fourth-order valence-corrected chi connectivity index (χ4v) is 5.94. The lowest BCUT2D eigenvalue weighted by atomic mass is 9.87. The quantitative estimate of drug-likeness (QED) is 0.232.